The summed E-state index contributed by atoms with van der Waals surface area (Å²) in [5.41, 5.74) is 0.984. The summed E-state index contributed by atoms with van der Waals surface area (Å²) in [4.78, 5) is 6.71. The van der Waals surface area contributed by atoms with Crippen molar-refractivity contribution in [3.8, 4) is 0 Å². The lowest BCUT2D eigenvalue weighted by Gasteiger charge is -2.24. The maximum absolute atomic E-state index is 5.42. The fourth-order valence-electron chi connectivity index (χ4n) is 2.32. The van der Waals surface area contributed by atoms with Gasteiger partial charge in [-0.3, -0.25) is 0 Å². The number of rotatable bonds is 1. The molecule has 1 aliphatic heterocycles. The number of piperidine rings is 1. The normalized spacial score (nSPS) is 31.6. The Labute approximate surface area is 77.7 Å². The van der Waals surface area contributed by atoms with Crippen LogP contribution in [0.4, 0.5) is 6.01 Å². The van der Waals surface area contributed by atoms with Crippen LogP contribution in [-0.4, -0.2) is 17.6 Å². The van der Waals surface area contributed by atoms with Crippen molar-refractivity contribution in [2.45, 2.75) is 32.2 Å². The molecule has 1 aromatic heterocycles. The van der Waals surface area contributed by atoms with E-state index in [9.17, 15) is 0 Å². The zero-order valence-corrected chi connectivity index (χ0v) is 7.86. The number of nitrogens with zero attached hydrogens (tertiary/aromatic N) is 2. The van der Waals surface area contributed by atoms with Crippen LogP contribution in [-0.2, 0) is 0 Å². The number of fused-ring (bicyclic) bond motifs is 1. The lowest BCUT2D eigenvalue weighted by Crippen LogP contribution is -2.31. The molecule has 70 valence electrons. The molecule has 3 nitrogen and oxygen atoms in total. The lowest BCUT2D eigenvalue weighted by atomic mass is 10.1. The predicted octanol–water partition coefficient (Wildman–Crippen LogP) is 1.97. The van der Waals surface area contributed by atoms with Gasteiger partial charge in [0.05, 0.1) is 5.69 Å². The smallest absolute Gasteiger partial charge is 0.297 e. The highest BCUT2D eigenvalue weighted by Gasteiger charge is 2.45. The Morgan fingerprint density at radius 2 is 2.54 bits per heavy atom. The second-order valence-corrected chi connectivity index (χ2v) is 4.17. The number of hydrogen-bond donors (Lipinski definition) is 0. The van der Waals surface area contributed by atoms with Crippen molar-refractivity contribution in [1.29, 1.82) is 0 Å². The molecule has 2 fully saturated rings. The Morgan fingerprint density at radius 3 is 3.31 bits per heavy atom. The highest BCUT2D eigenvalue weighted by atomic mass is 16.4. The van der Waals surface area contributed by atoms with Crippen LogP contribution in [0.2, 0.25) is 0 Å². The third-order valence-corrected chi connectivity index (χ3v) is 3.11. The third-order valence-electron chi connectivity index (χ3n) is 3.11. The predicted molar refractivity (Wildman–Crippen MR) is 49.7 cm³/mol. The average Bonchev–Trinajstić information content (AvgIpc) is 2.81. The van der Waals surface area contributed by atoms with Crippen molar-refractivity contribution in [2.24, 2.45) is 5.92 Å². The van der Waals surface area contributed by atoms with Crippen LogP contribution in [0.1, 0.15) is 25.0 Å². The second kappa shape index (κ2) is 2.50. The maximum atomic E-state index is 5.42. The lowest BCUT2D eigenvalue weighted by molar-refractivity contribution is 0.484. The first-order chi connectivity index (χ1) is 6.34. The van der Waals surface area contributed by atoms with E-state index in [0.717, 1.165) is 30.2 Å². The highest BCUT2D eigenvalue weighted by Crippen LogP contribution is 2.44. The van der Waals surface area contributed by atoms with Gasteiger partial charge in [0.15, 0.2) is 0 Å². The molecule has 3 heteroatoms. The van der Waals surface area contributed by atoms with Crippen LogP contribution in [0, 0.1) is 12.8 Å². The summed E-state index contributed by atoms with van der Waals surface area (Å²) in [6.45, 7) is 3.10. The summed E-state index contributed by atoms with van der Waals surface area (Å²) >= 11 is 0. The SMILES string of the molecule is Cc1coc(N2CCC[C@@H]3C[C@@H]32)n1. The van der Waals surface area contributed by atoms with Gasteiger partial charge in [0.25, 0.3) is 6.01 Å². The minimum absolute atomic E-state index is 0.742. The van der Waals surface area contributed by atoms with E-state index in [1.54, 1.807) is 6.26 Å². The van der Waals surface area contributed by atoms with E-state index in [0.29, 0.717) is 0 Å². The molecular formula is C10H14N2O. The molecule has 1 aliphatic carbocycles. The van der Waals surface area contributed by atoms with Gasteiger partial charge in [-0.25, -0.2) is 0 Å². The van der Waals surface area contributed by atoms with Crippen molar-refractivity contribution < 1.29 is 4.42 Å². The van der Waals surface area contributed by atoms with Crippen molar-refractivity contribution in [3.63, 3.8) is 0 Å². The maximum Gasteiger partial charge on any atom is 0.297 e. The van der Waals surface area contributed by atoms with Gasteiger partial charge >= 0.3 is 0 Å². The Bertz CT molecular complexity index is 320. The molecule has 1 saturated heterocycles. The number of hydrogen-bond acceptors (Lipinski definition) is 3. The molecule has 0 amide bonds. The average molecular weight is 178 g/mol. The summed E-state index contributed by atoms with van der Waals surface area (Å²) in [6, 6.07) is 1.58. The number of aryl methyl sites for hydroxylation is 1. The Balaban J connectivity index is 1.84. The molecule has 0 bridgehead atoms. The van der Waals surface area contributed by atoms with E-state index in [4.69, 9.17) is 4.42 Å². The van der Waals surface area contributed by atoms with E-state index in [-0.39, 0.29) is 0 Å². The Hall–Kier alpha value is -0.990. The van der Waals surface area contributed by atoms with Crippen LogP contribution in [0.25, 0.3) is 0 Å². The summed E-state index contributed by atoms with van der Waals surface area (Å²) in [7, 11) is 0. The van der Waals surface area contributed by atoms with Gasteiger partial charge in [-0.1, -0.05) is 0 Å². The summed E-state index contributed by atoms with van der Waals surface area (Å²) in [5, 5.41) is 0. The molecule has 0 aromatic carbocycles. The van der Waals surface area contributed by atoms with Crippen molar-refractivity contribution in [2.75, 3.05) is 11.4 Å². The number of aromatic nitrogens is 1. The van der Waals surface area contributed by atoms with Crippen LogP contribution in [0.15, 0.2) is 10.7 Å². The van der Waals surface area contributed by atoms with Crippen molar-refractivity contribution >= 4 is 6.01 Å². The van der Waals surface area contributed by atoms with Gasteiger partial charge in [0, 0.05) is 12.6 Å². The van der Waals surface area contributed by atoms with Crippen LogP contribution >= 0.6 is 0 Å². The third kappa shape index (κ3) is 1.14. The molecule has 13 heavy (non-hydrogen) atoms. The Kier molecular flexibility index (Phi) is 1.43. The fourth-order valence-corrected chi connectivity index (χ4v) is 2.32. The largest absolute Gasteiger partial charge is 0.432 e. The first kappa shape index (κ1) is 7.42. The van der Waals surface area contributed by atoms with Crippen molar-refractivity contribution in [3.05, 3.63) is 12.0 Å². The van der Waals surface area contributed by atoms with Gasteiger partial charge in [0.2, 0.25) is 0 Å². The number of oxazole rings is 1. The molecular weight excluding hydrogens is 164 g/mol. The van der Waals surface area contributed by atoms with E-state index in [1.807, 2.05) is 6.92 Å². The molecule has 1 saturated carbocycles. The van der Waals surface area contributed by atoms with Crippen LogP contribution < -0.4 is 4.90 Å². The molecule has 1 aromatic rings. The summed E-state index contributed by atoms with van der Waals surface area (Å²) < 4.78 is 5.42. The first-order valence-corrected chi connectivity index (χ1v) is 5.03. The van der Waals surface area contributed by atoms with Crippen LogP contribution in [0.3, 0.4) is 0 Å². The topological polar surface area (TPSA) is 29.3 Å². The van der Waals surface area contributed by atoms with Gasteiger partial charge in [-0.15, -0.1) is 0 Å². The zero-order chi connectivity index (χ0) is 8.84. The zero-order valence-electron chi connectivity index (χ0n) is 7.86. The molecule has 2 aliphatic rings. The van der Waals surface area contributed by atoms with E-state index < -0.39 is 0 Å². The van der Waals surface area contributed by atoms with Gasteiger partial charge in [-0.2, -0.15) is 4.98 Å². The fraction of sp³-hybridized carbons (Fsp3) is 0.700. The van der Waals surface area contributed by atoms with Gasteiger partial charge in [-0.05, 0) is 32.1 Å². The summed E-state index contributed by atoms with van der Waals surface area (Å²) in [5.74, 6) is 0.931. The molecule has 2 heterocycles. The molecule has 2 atom stereocenters. The summed E-state index contributed by atoms with van der Waals surface area (Å²) in [6.07, 6.45) is 5.78. The first-order valence-electron chi connectivity index (χ1n) is 5.03. The molecule has 0 spiro atoms. The Morgan fingerprint density at radius 1 is 1.62 bits per heavy atom. The minimum Gasteiger partial charge on any atom is -0.432 e. The van der Waals surface area contributed by atoms with E-state index in [2.05, 4.69) is 9.88 Å². The molecule has 0 unspecified atom stereocenters. The standard InChI is InChI=1S/C10H14N2O/c1-7-6-13-10(11-7)12-4-2-3-8-5-9(8)12/h6,8-9H,2-5H2,1H3/t8-,9+/m1/s1. The van der Waals surface area contributed by atoms with Crippen molar-refractivity contribution in [1.82, 2.24) is 4.98 Å². The highest BCUT2D eigenvalue weighted by molar-refractivity contribution is 5.34. The number of anilines is 1. The molecule has 3 rings (SSSR count). The molecule has 0 radical (unpaired) electrons. The van der Waals surface area contributed by atoms with Gasteiger partial charge < -0.3 is 9.32 Å². The quantitative estimate of drug-likeness (QED) is 0.658. The van der Waals surface area contributed by atoms with Gasteiger partial charge in [0.1, 0.15) is 6.26 Å². The minimum atomic E-state index is 0.742. The second-order valence-electron chi connectivity index (χ2n) is 4.17. The van der Waals surface area contributed by atoms with E-state index in [1.165, 1.54) is 19.3 Å². The van der Waals surface area contributed by atoms with Crippen LogP contribution in [0.5, 0.6) is 0 Å². The monoisotopic (exact) mass is 178 g/mol. The van der Waals surface area contributed by atoms with E-state index >= 15 is 0 Å². The molecule has 0 N–H and O–H groups in total.